The molecule has 0 aliphatic carbocycles. The van der Waals surface area contributed by atoms with E-state index < -0.39 is 0 Å². The Balaban J connectivity index is 1.37. The minimum absolute atomic E-state index is 0.536. The lowest BCUT2D eigenvalue weighted by atomic mass is 9.90. The first kappa shape index (κ1) is 17.8. The van der Waals surface area contributed by atoms with Crippen LogP contribution in [0.5, 0.6) is 11.6 Å². The number of benzene rings is 2. The second-order valence-corrected chi connectivity index (χ2v) is 7.33. The van der Waals surface area contributed by atoms with Gasteiger partial charge in [-0.2, -0.15) is 0 Å². The van der Waals surface area contributed by atoms with Gasteiger partial charge in [0.2, 0.25) is 5.88 Å². The van der Waals surface area contributed by atoms with Crippen LogP contribution < -0.4 is 9.64 Å². The van der Waals surface area contributed by atoms with E-state index in [2.05, 4.69) is 45.2 Å². The summed E-state index contributed by atoms with van der Waals surface area (Å²) in [4.78, 5) is 11.0. The Hall–Kier alpha value is -2.59. The van der Waals surface area contributed by atoms with E-state index in [0.717, 1.165) is 31.2 Å². The lowest BCUT2D eigenvalue weighted by Crippen LogP contribution is -2.34. The normalized spacial score (nSPS) is 14.9. The standard InChI is InChI=1S/C22H22ClN3O/c23-19-7-4-8-20(14-19)27-22-15-21(24-16-25-22)26-11-9-18(10-12-26)13-17-5-2-1-3-6-17/h1-8,14-16,18H,9-13H2. The topological polar surface area (TPSA) is 38.2 Å². The fourth-order valence-electron chi connectivity index (χ4n) is 3.52. The number of anilines is 1. The largest absolute Gasteiger partial charge is 0.439 e. The zero-order chi connectivity index (χ0) is 18.5. The van der Waals surface area contributed by atoms with Crippen LogP contribution in [0.4, 0.5) is 5.82 Å². The molecule has 0 saturated carbocycles. The maximum Gasteiger partial charge on any atom is 0.224 e. The molecule has 27 heavy (non-hydrogen) atoms. The molecular formula is C22H22ClN3O. The quantitative estimate of drug-likeness (QED) is 0.596. The molecule has 4 rings (SSSR count). The highest BCUT2D eigenvalue weighted by molar-refractivity contribution is 6.30. The third-order valence-corrected chi connectivity index (χ3v) is 5.19. The molecule has 0 spiro atoms. The molecule has 0 atom stereocenters. The first-order valence-corrected chi connectivity index (χ1v) is 9.68. The van der Waals surface area contributed by atoms with Crippen LogP contribution in [0.3, 0.4) is 0 Å². The van der Waals surface area contributed by atoms with Crippen molar-refractivity contribution in [2.24, 2.45) is 5.92 Å². The molecular weight excluding hydrogens is 358 g/mol. The molecule has 1 fully saturated rings. The maximum absolute atomic E-state index is 6.01. The number of aromatic nitrogens is 2. The van der Waals surface area contributed by atoms with Crippen LogP contribution in [0.25, 0.3) is 0 Å². The van der Waals surface area contributed by atoms with Gasteiger partial charge in [-0.15, -0.1) is 0 Å². The van der Waals surface area contributed by atoms with Gasteiger partial charge in [0.05, 0.1) is 0 Å². The molecule has 0 unspecified atom stereocenters. The number of hydrogen-bond donors (Lipinski definition) is 0. The van der Waals surface area contributed by atoms with Gasteiger partial charge in [-0.05, 0) is 48.9 Å². The molecule has 0 amide bonds. The van der Waals surface area contributed by atoms with E-state index in [1.165, 1.54) is 18.4 Å². The molecule has 0 N–H and O–H groups in total. The van der Waals surface area contributed by atoms with E-state index in [-0.39, 0.29) is 0 Å². The predicted octanol–water partition coefficient (Wildman–Crippen LogP) is 5.38. The molecule has 4 nitrogen and oxygen atoms in total. The first-order chi connectivity index (χ1) is 13.3. The van der Waals surface area contributed by atoms with Crippen molar-refractivity contribution in [2.75, 3.05) is 18.0 Å². The van der Waals surface area contributed by atoms with Gasteiger partial charge in [-0.1, -0.05) is 48.0 Å². The van der Waals surface area contributed by atoms with Crippen molar-refractivity contribution in [3.8, 4) is 11.6 Å². The molecule has 138 valence electrons. The zero-order valence-corrected chi connectivity index (χ0v) is 15.8. The van der Waals surface area contributed by atoms with E-state index in [1.807, 2.05) is 24.3 Å². The number of ether oxygens (including phenoxy) is 1. The van der Waals surface area contributed by atoms with Gasteiger partial charge in [0, 0.05) is 24.2 Å². The van der Waals surface area contributed by atoms with Crippen LogP contribution in [0.2, 0.25) is 5.02 Å². The van der Waals surface area contributed by atoms with Crippen molar-refractivity contribution in [3.05, 3.63) is 77.6 Å². The second-order valence-electron chi connectivity index (χ2n) is 6.89. The average Bonchev–Trinajstić information content (AvgIpc) is 2.70. The van der Waals surface area contributed by atoms with E-state index in [0.29, 0.717) is 16.7 Å². The fraction of sp³-hybridized carbons (Fsp3) is 0.273. The summed E-state index contributed by atoms with van der Waals surface area (Å²) >= 11 is 6.01. The molecule has 1 aliphatic heterocycles. The third-order valence-electron chi connectivity index (χ3n) is 4.95. The van der Waals surface area contributed by atoms with Gasteiger partial charge in [-0.25, -0.2) is 9.97 Å². The highest BCUT2D eigenvalue weighted by Gasteiger charge is 2.21. The van der Waals surface area contributed by atoms with Crippen LogP contribution in [-0.4, -0.2) is 23.1 Å². The van der Waals surface area contributed by atoms with Crippen LogP contribution in [0.15, 0.2) is 67.0 Å². The minimum Gasteiger partial charge on any atom is -0.439 e. The van der Waals surface area contributed by atoms with Gasteiger partial charge in [-0.3, -0.25) is 0 Å². The van der Waals surface area contributed by atoms with Crippen LogP contribution in [-0.2, 0) is 6.42 Å². The first-order valence-electron chi connectivity index (χ1n) is 9.30. The number of piperidine rings is 1. The van der Waals surface area contributed by atoms with E-state index in [4.69, 9.17) is 16.3 Å². The number of nitrogens with zero attached hydrogens (tertiary/aromatic N) is 3. The molecule has 0 bridgehead atoms. The summed E-state index contributed by atoms with van der Waals surface area (Å²) in [5.74, 6) is 2.86. The Morgan fingerprint density at radius 2 is 1.78 bits per heavy atom. The summed E-state index contributed by atoms with van der Waals surface area (Å²) in [5.41, 5.74) is 1.43. The molecule has 1 saturated heterocycles. The van der Waals surface area contributed by atoms with Gasteiger partial charge in [0.15, 0.2) is 0 Å². The van der Waals surface area contributed by atoms with E-state index in [1.54, 1.807) is 12.4 Å². The predicted molar refractivity (Wildman–Crippen MR) is 109 cm³/mol. The molecule has 0 radical (unpaired) electrons. The lowest BCUT2D eigenvalue weighted by Gasteiger charge is -2.32. The number of hydrogen-bond acceptors (Lipinski definition) is 4. The summed E-state index contributed by atoms with van der Waals surface area (Å²) in [6, 6.07) is 20.0. The van der Waals surface area contributed by atoms with Crippen LogP contribution in [0, 0.1) is 5.92 Å². The zero-order valence-electron chi connectivity index (χ0n) is 15.1. The third kappa shape index (κ3) is 4.77. The van der Waals surface area contributed by atoms with Crippen molar-refractivity contribution in [1.82, 2.24) is 9.97 Å². The van der Waals surface area contributed by atoms with Crippen LogP contribution >= 0.6 is 11.6 Å². The Kier molecular flexibility index (Phi) is 5.54. The number of rotatable bonds is 5. The molecule has 1 aliphatic rings. The smallest absolute Gasteiger partial charge is 0.224 e. The Labute approximate surface area is 164 Å². The summed E-state index contributed by atoms with van der Waals surface area (Å²) in [7, 11) is 0. The highest BCUT2D eigenvalue weighted by Crippen LogP contribution is 2.28. The Morgan fingerprint density at radius 3 is 2.56 bits per heavy atom. The van der Waals surface area contributed by atoms with E-state index in [9.17, 15) is 0 Å². The van der Waals surface area contributed by atoms with Crippen molar-refractivity contribution in [1.29, 1.82) is 0 Å². The summed E-state index contributed by atoms with van der Waals surface area (Å²) in [6.07, 6.45) is 5.06. The van der Waals surface area contributed by atoms with Crippen molar-refractivity contribution < 1.29 is 4.74 Å². The highest BCUT2D eigenvalue weighted by atomic mass is 35.5. The number of halogens is 1. The SMILES string of the molecule is Clc1cccc(Oc2cc(N3CCC(Cc4ccccc4)CC3)ncn2)c1. The summed E-state index contributed by atoms with van der Waals surface area (Å²) < 4.78 is 5.83. The van der Waals surface area contributed by atoms with Crippen molar-refractivity contribution in [2.45, 2.75) is 19.3 Å². The Morgan fingerprint density at radius 1 is 0.963 bits per heavy atom. The van der Waals surface area contributed by atoms with Gasteiger partial charge in [0.25, 0.3) is 0 Å². The fourth-order valence-corrected chi connectivity index (χ4v) is 3.70. The van der Waals surface area contributed by atoms with Gasteiger partial charge >= 0.3 is 0 Å². The molecule has 5 heteroatoms. The maximum atomic E-state index is 6.01. The summed E-state index contributed by atoms with van der Waals surface area (Å²) in [6.45, 7) is 2.01. The lowest BCUT2D eigenvalue weighted by molar-refractivity contribution is 0.401. The summed E-state index contributed by atoms with van der Waals surface area (Å²) in [5, 5.41) is 0.641. The minimum atomic E-state index is 0.536. The van der Waals surface area contributed by atoms with Crippen molar-refractivity contribution in [3.63, 3.8) is 0 Å². The average molecular weight is 380 g/mol. The molecule has 1 aromatic heterocycles. The monoisotopic (exact) mass is 379 g/mol. The van der Waals surface area contributed by atoms with Gasteiger partial charge < -0.3 is 9.64 Å². The Bertz CT molecular complexity index is 879. The molecule has 2 heterocycles. The molecule has 3 aromatic rings. The van der Waals surface area contributed by atoms with Gasteiger partial charge in [0.1, 0.15) is 17.9 Å². The molecule has 2 aromatic carbocycles. The van der Waals surface area contributed by atoms with E-state index >= 15 is 0 Å². The second kappa shape index (κ2) is 8.40. The van der Waals surface area contributed by atoms with Crippen LogP contribution in [0.1, 0.15) is 18.4 Å². The van der Waals surface area contributed by atoms with Crippen molar-refractivity contribution >= 4 is 17.4 Å².